The van der Waals surface area contributed by atoms with Crippen molar-refractivity contribution in [2.24, 2.45) is 0 Å². The molecule has 1 aromatic heterocycles. The molecule has 2 aromatic rings. The molecule has 7 nitrogen and oxygen atoms in total. The van der Waals surface area contributed by atoms with E-state index in [4.69, 9.17) is 5.11 Å². The van der Waals surface area contributed by atoms with Crippen LogP contribution in [0.3, 0.4) is 0 Å². The second-order valence-electron chi connectivity index (χ2n) is 3.80. The van der Waals surface area contributed by atoms with E-state index in [-0.39, 0.29) is 16.5 Å². The van der Waals surface area contributed by atoms with Gasteiger partial charge in [0.05, 0.1) is 17.5 Å². The molecule has 0 bridgehead atoms. The molecule has 0 amide bonds. The number of aromatic nitrogens is 1. The van der Waals surface area contributed by atoms with E-state index < -0.39 is 30.2 Å². The van der Waals surface area contributed by atoms with E-state index in [9.17, 15) is 19.8 Å². The van der Waals surface area contributed by atoms with Gasteiger partial charge in [-0.05, 0) is 17.7 Å². The highest BCUT2D eigenvalue weighted by molar-refractivity contribution is 5.77. The van der Waals surface area contributed by atoms with Crippen LogP contribution in [0.15, 0.2) is 32.2 Å². The molecule has 7 heteroatoms. The highest BCUT2D eigenvalue weighted by Crippen LogP contribution is 2.19. The molecule has 2 atom stereocenters. The Morgan fingerprint density at radius 1 is 1.28 bits per heavy atom. The number of benzene rings is 1. The number of aliphatic hydroxyl groups excluding tert-OH is 3. The summed E-state index contributed by atoms with van der Waals surface area (Å²) < 4.78 is 4.35. The predicted molar refractivity (Wildman–Crippen MR) is 61.2 cm³/mol. The monoisotopic (exact) mass is 253 g/mol. The largest absolute Gasteiger partial charge is 0.419 e. The molecule has 4 N–H and O–H groups in total. The fraction of sp³-hybridized carbons (Fsp3) is 0.273. The zero-order valence-corrected chi connectivity index (χ0v) is 9.16. The number of fused-ring (bicyclic) bond motifs is 1. The molecular formula is C11H11NO6. The standard InChI is InChI=1S/C11H11NO6/c13-4-8(14)9(15)5-1-2-7-6(3-5)10(16)18-11(17)12-7/h1-3,8-9,13-15H,4H2,(H,12,17). The van der Waals surface area contributed by atoms with Crippen LogP contribution in [0, 0.1) is 0 Å². The van der Waals surface area contributed by atoms with Gasteiger partial charge in [-0.1, -0.05) is 6.07 Å². The maximum absolute atomic E-state index is 11.4. The van der Waals surface area contributed by atoms with Crippen molar-refractivity contribution < 1.29 is 19.7 Å². The second kappa shape index (κ2) is 4.73. The Morgan fingerprint density at radius 3 is 2.67 bits per heavy atom. The Balaban J connectivity index is 2.57. The summed E-state index contributed by atoms with van der Waals surface area (Å²) >= 11 is 0. The first-order valence-electron chi connectivity index (χ1n) is 5.17. The molecule has 0 aliphatic heterocycles. The summed E-state index contributed by atoms with van der Waals surface area (Å²) in [5, 5.41) is 27.8. The molecule has 18 heavy (non-hydrogen) atoms. The number of aliphatic hydroxyl groups is 3. The van der Waals surface area contributed by atoms with Crippen LogP contribution in [0.4, 0.5) is 0 Å². The lowest BCUT2D eigenvalue weighted by Crippen LogP contribution is -2.22. The fourth-order valence-electron chi connectivity index (χ4n) is 1.62. The first-order valence-corrected chi connectivity index (χ1v) is 5.17. The molecule has 1 aromatic carbocycles. The Bertz CT molecular complexity index is 673. The quantitative estimate of drug-likeness (QED) is 0.548. The molecule has 0 saturated heterocycles. The van der Waals surface area contributed by atoms with Gasteiger partial charge in [0.1, 0.15) is 12.2 Å². The van der Waals surface area contributed by atoms with Gasteiger partial charge in [-0.3, -0.25) is 4.98 Å². The molecule has 0 aliphatic carbocycles. The molecule has 0 fully saturated rings. The van der Waals surface area contributed by atoms with Crippen LogP contribution in [0.1, 0.15) is 11.7 Å². The Morgan fingerprint density at radius 2 is 2.00 bits per heavy atom. The number of aromatic amines is 1. The van der Waals surface area contributed by atoms with Crippen molar-refractivity contribution in [3.63, 3.8) is 0 Å². The molecular weight excluding hydrogens is 242 g/mol. The summed E-state index contributed by atoms with van der Waals surface area (Å²) in [6.07, 6.45) is -2.68. The fourth-order valence-corrected chi connectivity index (χ4v) is 1.62. The van der Waals surface area contributed by atoms with Crippen molar-refractivity contribution in [2.45, 2.75) is 12.2 Å². The highest BCUT2D eigenvalue weighted by Gasteiger charge is 2.18. The minimum atomic E-state index is -1.35. The lowest BCUT2D eigenvalue weighted by molar-refractivity contribution is -0.0152. The van der Waals surface area contributed by atoms with Crippen molar-refractivity contribution in [3.05, 3.63) is 44.7 Å². The van der Waals surface area contributed by atoms with E-state index >= 15 is 0 Å². The van der Waals surface area contributed by atoms with Gasteiger partial charge in [-0.25, -0.2) is 9.59 Å². The SMILES string of the molecule is O=c1[nH]c2ccc(C(O)C(O)CO)cc2c(=O)o1. The van der Waals surface area contributed by atoms with Gasteiger partial charge < -0.3 is 19.7 Å². The Labute approximate surface area is 99.9 Å². The summed E-state index contributed by atoms with van der Waals surface area (Å²) in [5.41, 5.74) is -0.324. The van der Waals surface area contributed by atoms with E-state index in [1.54, 1.807) is 0 Å². The van der Waals surface area contributed by atoms with Crippen LogP contribution in [0.2, 0.25) is 0 Å². The molecule has 96 valence electrons. The van der Waals surface area contributed by atoms with Gasteiger partial charge in [0.25, 0.3) is 0 Å². The molecule has 0 saturated carbocycles. The van der Waals surface area contributed by atoms with Gasteiger partial charge in [0.15, 0.2) is 0 Å². The van der Waals surface area contributed by atoms with Crippen LogP contribution >= 0.6 is 0 Å². The summed E-state index contributed by atoms with van der Waals surface area (Å²) in [6.45, 7) is -0.612. The number of nitrogens with one attached hydrogen (secondary N) is 1. The predicted octanol–water partition coefficient (Wildman–Crippen LogP) is -1.13. The minimum absolute atomic E-state index is 0.0799. The third-order valence-electron chi connectivity index (χ3n) is 2.58. The van der Waals surface area contributed by atoms with E-state index in [0.717, 1.165) is 0 Å². The maximum Gasteiger partial charge on any atom is 0.419 e. The molecule has 1 heterocycles. The van der Waals surface area contributed by atoms with Gasteiger partial charge in [-0.2, -0.15) is 0 Å². The normalized spacial score (nSPS) is 14.6. The van der Waals surface area contributed by atoms with Crippen molar-refractivity contribution in [1.82, 2.24) is 4.98 Å². The zero-order valence-electron chi connectivity index (χ0n) is 9.16. The van der Waals surface area contributed by atoms with Gasteiger partial charge in [0, 0.05) is 0 Å². The van der Waals surface area contributed by atoms with E-state index in [1.165, 1.54) is 18.2 Å². The smallest absolute Gasteiger partial charge is 0.394 e. The zero-order chi connectivity index (χ0) is 13.3. The van der Waals surface area contributed by atoms with E-state index in [2.05, 4.69) is 9.40 Å². The van der Waals surface area contributed by atoms with Crippen LogP contribution in [-0.2, 0) is 0 Å². The number of hydrogen-bond acceptors (Lipinski definition) is 6. The lowest BCUT2D eigenvalue weighted by Gasteiger charge is -2.15. The molecule has 2 unspecified atom stereocenters. The van der Waals surface area contributed by atoms with Gasteiger partial charge in [-0.15, -0.1) is 0 Å². The third kappa shape index (κ3) is 2.19. The topological polar surface area (TPSA) is 124 Å². The summed E-state index contributed by atoms with van der Waals surface area (Å²) in [4.78, 5) is 24.7. The summed E-state index contributed by atoms with van der Waals surface area (Å²) in [6, 6.07) is 4.14. The number of rotatable bonds is 3. The van der Waals surface area contributed by atoms with E-state index in [1.807, 2.05) is 0 Å². The van der Waals surface area contributed by atoms with E-state index in [0.29, 0.717) is 0 Å². The molecule has 2 rings (SSSR count). The Kier molecular flexibility index (Phi) is 3.28. The van der Waals surface area contributed by atoms with Crippen molar-refractivity contribution >= 4 is 10.9 Å². The van der Waals surface area contributed by atoms with Gasteiger partial charge in [0.2, 0.25) is 0 Å². The summed E-state index contributed by atoms with van der Waals surface area (Å²) in [5.74, 6) is -0.865. The number of H-pyrrole nitrogens is 1. The van der Waals surface area contributed by atoms with Crippen LogP contribution in [0.5, 0.6) is 0 Å². The number of hydrogen-bond donors (Lipinski definition) is 4. The van der Waals surface area contributed by atoms with Crippen molar-refractivity contribution in [1.29, 1.82) is 0 Å². The molecule has 0 radical (unpaired) electrons. The van der Waals surface area contributed by atoms with Crippen molar-refractivity contribution in [2.75, 3.05) is 6.61 Å². The molecule has 0 spiro atoms. The van der Waals surface area contributed by atoms with Crippen LogP contribution < -0.4 is 11.4 Å². The second-order valence-corrected chi connectivity index (χ2v) is 3.80. The first-order chi connectivity index (χ1) is 8.52. The highest BCUT2D eigenvalue weighted by atomic mass is 16.4. The lowest BCUT2D eigenvalue weighted by atomic mass is 10.0. The van der Waals surface area contributed by atoms with Crippen molar-refractivity contribution in [3.8, 4) is 0 Å². The third-order valence-corrected chi connectivity index (χ3v) is 2.58. The summed E-state index contributed by atoms with van der Waals surface area (Å²) in [7, 11) is 0. The average Bonchev–Trinajstić information content (AvgIpc) is 2.36. The molecule has 0 aliphatic rings. The van der Waals surface area contributed by atoms with Gasteiger partial charge >= 0.3 is 11.4 Å². The Hall–Kier alpha value is -1.96. The maximum atomic E-state index is 11.4. The van der Waals surface area contributed by atoms with Crippen LogP contribution in [0.25, 0.3) is 10.9 Å². The first kappa shape index (κ1) is 12.5. The average molecular weight is 253 g/mol. The van der Waals surface area contributed by atoms with Crippen LogP contribution in [-0.4, -0.2) is 33.0 Å². The minimum Gasteiger partial charge on any atom is -0.394 e.